The molecule has 0 aliphatic rings. The number of benzene rings is 1. The number of hydrogen-bond donors (Lipinski definition) is 2. The van der Waals surface area contributed by atoms with Crippen molar-refractivity contribution in [3.63, 3.8) is 0 Å². The van der Waals surface area contributed by atoms with Crippen LogP contribution in [0.2, 0.25) is 0 Å². The highest BCUT2D eigenvalue weighted by Crippen LogP contribution is 2.27. The summed E-state index contributed by atoms with van der Waals surface area (Å²) >= 11 is 0. The van der Waals surface area contributed by atoms with E-state index < -0.39 is 0 Å². The molecule has 1 aromatic carbocycles. The molecular formula is C16H19NO2. The Morgan fingerprint density at radius 2 is 1.79 bits per heavy atom. The van der Waals surface area contributed by atoms with Gasteiger partial charge in [-0.3, -0.25) is 4.79 Å². The Morgan fingerprint density at radius 3 is 2.32 bits per heavy atom. The van der Waals surface area contributed by atoms with Crippen molar-refractivity contribution < 1.29 is 5.11 Å². The van der Waals surface area contributed by atoms with E-state index in [0.29, 0.717) is 12.0 Å². The zero-order valence-electron chi connectivity index (χ0n) is 11.5. The molecule has 0 bridgehead atoms. The quantitative estimate of drug-likeness (QED) is 0.867. The molecule has 0 aliphatic heterocycles. The number of aromatic amines is 1. The molecule has 3 nitrogen and oxygen atoms in total. The van der Waals surface area contributed by atoms with Gasteiger partial charge in [-0.1, -0.05) is 51.1 Å². The molecule has 0 atom stereocenters. The number of rotatable bonds is 2. The van der Waals surface area contributed by atoms with Crippen LogP contribution >= 0.6 is 0 Å². The van der Waals surface area contributed by atoms with Crippen LogP contribution in [0.1, 0.15) is 26.5 Å². The molecule has 0 saturated carbocycles. The Balaban J connectivity index is 2.47. The molecule has 0 aliphatic carbocycles. The van der Waals surface area contributed by atoms with E-state index >= 15 is 0 Å². The van der Waals surface area contributed by atoms with Gasteiger partial charge in [0.25, 0.3) is 5.56 Å². The zero-order chi connectivity index (χ0) is 14.0. The standard InChI is InChI=1S/C16H19NO2/c1-16(2,3)10-12-9-13(18)14(15(19)17-12)11-7-5-4-6-8-11/h4-9H,10H2,1-3H3,(H2,17,18,19). The second-order valence-electron chi connectivity index (χ2n) is 5.99. The molecule has 0 saturated heterocycles. The maximum absolute atomic E-state index is 12.1. The van der Waals surface area contributed by atoms with Crippen molar-refractivity contribution in [2.45, 2.75) is 27.2 Å². The zero-order valence-corrected chi connectivity index (χ0v) is 11.5. The third-order valence-electron chi connectivity index (χ3n) is 2.85. The molecule has 1 aromatic heterocycles. The van der Waals surface area contributed by atoms with Crippen LogP contribution in [0.4, 0.5) is 0 Å². The van der Waals surface area contributed by atoms with Crippen LogP contribution in [-0.4, -0.2) is 10.1 Å². The molecule has 0 amide bonds. The average Bonchev–Trinajstić information content (AvgIpc) is 2.27. The highest BCUT2D eigenvalue weighted by Gasteiger charge is 2.15. The Morgan fingerprint density at radius 1 is 1.16 bits per heavy atom. The van der Waals surface area contributed by atoms with Crippen LogP contribution in [0, 0.1) is 5.41 Å². The fraction of sp³-hybridized carbons (Fsp3) is 0.312. The molecule has 0 spiro atoms. The van der Waals surface area contributed by atoms with Crippen molar-refractivity contribution in [2.75, 3.05) is 0 Å². The summed E-state index contributed by atoms with van der Waals surface area (Å²) in [5.41, 5.74) is 1.63. The van der Waals surface area contributed by atoms with E-state index in [1.54, 1.807) is 6.07 Å². The van der Waals surface area contributed by atoms with Crippen LogP contribution in [0.3, 0.4) is 0 Å². The number of H-pyrrole nitrogens is 1. The molecule has 100 valence electrons. The van der Waals surface area contributed by atoms with Gasteiger partial charge in [-0.2, -0.15) is 0 Å². The van der Waals surface area contributed by atoms with Gasteiger partial charge in [0.15, 0.2) is 0 Å². The molecule has 2 aromatic rings. The van der Waals surface area contributed by atoms with E-state index in [0.717, 1.165) is 11.3 Å². The molecule has 0 unspecified atom stereocenters. The minimum Gasteiger partial charge on any atom is -0.507 e. The van der Waals surface area contributed by atoms with Crippen LogP contribution in [-0.2, 0) is 6.42 Å². The first-order valence-electron chi connectivity index (χ1n) is 6.37. The summed E-state index contributed by atoms with van der Waals surface area (Å²) in [6.07, 6.45) is 0.713. The maximum atomic E-state index is 12.1. The van der Waals surface area contributed by atoms with Gasteiger partial charge in [-0.15, -0.1) is 0 Å². The van der Waals surface area contributed by atoms with Gasteiger partial charge < -0.3 is 10.1 Å². The molecule has 19 heavy (non-hydrogen) atoms. The minimum absolute atomic E-state index is 0.0363. The van der Waals surface area contributed by atoms with Gasteiger partial charge >= 0.3 is 0 Å². The SMILES string of the molecule is CC(C)(C)Cc1cc(O)c(-c2ccccc2)c(=O)[nH]1. The van der Waals surface area contributed by atoms with Crippen molar-refractivity contribution in [3.8, 4) is 16.9 Å². The van der Waals surface area contributed by atoms with Gasteiger partial charge in [0.05, 0.1) is 5.56 Å². The summed E-state index contributed by atoms with van der Waals surface area (Å²) in [4.78, 5) is 15.0. The lowest BCUT2D eigenvalue weighted by Gasteiger charge is -2.18. The second-order valence-corrected chi connectivity index (χ2v) is 5.99. The topological polar surface area (TPSA) is 53.1 Å². The van der Waals surface area contributed by atoms with E-state index in [4.69, 9.17) is 0 Å². The van der Waals surface area contributed by atoms with E-state index in [-0.39, 0.29) is 16.7 Å². The normalized spacial score (nSPS) is 11.5. The van der Waals surface area contributed by atoms with Crippen molar-refractivity contribution in [2.24, 2.45) is 5.41 Å². The Bertz CT molecular complexity index is 621. The predicted molar refractivity (Wildman–Crippen MR) is 77.3 cm³/mol. The number of hydrogen-bond acceptors (Lipinski definition) is 2. The Kier molecular flexibility index (Phi) is 3.47. The average molecular weight is 257 g/mol. The largest absolute Gasteiger partial charge is 0.507 e. The lowest BCUT2D eigenvalue weighted by Crippen LogP contribution is -2.16. The number of aromatic nitrogens is 1. The molecule has 2 N–H and O–H groups in total. The summed E-state index contributed by atoms with van der Waals surface area (Å²) in [6, 6.07) is 10.8. The summed E-state index contributed by atoms with van der Waals surface area (Å²) in [7, 11) is 0. The lowest BCUT2D eigenvalue weighted by molar-refractivity contribution is 0.403. The smallest absolute Gasteiger partial charge is 0.259 e. The molecule has 2 rings (SSSR count). The van der Waals surface area contributed by atoms with Gasteiger partial charge in [-0.05, 0) is 17.4 Å². The van der Waals surface area contributed by atoms with Gasteiger partial charge in [0, 0.05) is 11.8 Å². The first kappa shape index (κ1) is 13.4. The maximum Gasteiger partial charge on any atom is 0.259 e. The van der Waals surface area contributed by atoms with Crippen molar-refractivity contribution in [1.29, 1.82) is 0 Å². The summed E-state index contributed by atoms with van der Waals surface area (Å²) in [5, 5.41) is 10.1. The van der Waals surface area contributed by atoms with Crippen molar-refractivity contribution >= 4 is 0 Å². The first-order chi connectivity index (χ1) is 8.87. The van der Waals surface area contributed by atoms with Gasteiger partial charge in [-0.25, -0.2) is 0 Å². The molecular weight excluding hydrogens is 238 g/mol. The number of aromatic hydroxyl groups is 1. The minimum atomic E-state index is -0.245. The van der Waals surface area contributed by atoms with Crippen molar-refractivity contribution in [3.05, 3.63) is 52.4 Å². The Hall–Kier alpha value is -2.03. The van der Waals surface area contributed by atoms with E-state index in [9.17, 15) is 9.90 Å². The van der Waals surface area contributed by atoms with Gasteiger partial charge in [0.2, 0.25) is 0 Å². The summed E-state index contributed by atoms with van der Waals surface area (Å²) in [5.74, 6) is 0.0363. The fourth-order valence-electron chi connectivity index (χ4n) is 2.15. The van der Waals surface area contributed by atoms with Crippen LogP contribution in [0.5, 0.6) is 5.75 Å². The van der Waals surface area contributed by atoms with E-state index in [1.807, 2.05) is 30.3 Å². The highest BCUT2D eigenvalue weighted by atomic mass is 16.3. The first-order valence-corrected chi connectivity index (χ1v) is 6.37. The summed E-state index contributed by atoms with van der Waals surface area (Å²) < 4.78 is 0. The monoisotopic (exact) mass is 257 g/mol. The predicted octanol–water partition coefficient (Wildman–Crippen LogP) is 3.34. The molecule has 0 radical (unpaired) electrons. The molecule has 1 heterocycles. The van der Waals surface area contributed by atoms with Crippen LogP contribution < -0.4 is 5.56 Å². The van der Waals surface area contributed by atoms with Gasteiger partial charge in [0.1, 0.15) is 5.75 Å². The number of pyridine rings is 1. The third-order valence-corrected chi connectivity index (χ3v) is 2.85. The summed E-state index contributed by atoms with van der Waals surface area (Å²) in [6.45, 7) is 6.27. The van der Waals surface area contributed by atoms with E-state index in [2.05, 4.69) is 25.8 Å². The number of nitrogens with one attached hydrogen (secondary N) is 1. The highest BCUT2D eigenvalue weighted by molar-refractivity contribution is 5.68. The molecule has 0 fully saturated rings. The van der Waals surface area contributed by atoms with Crippen LogP contribution in [0.25, 0.3) is 11.1 Å². The fourth-order valence-corrected chi connectivity index (χ4v) is 2.15. The third kappa shape index (κ3) is 3.25. The second kappa shape index (κ2) is 4.92. The van der Waals surface area contributed by atoms with Crippen molar-refractivity contribution in [1.82, 2.24) is 4.98 Å². The molecule has 3 heteroatoms. The van der Waals surface area contributed by atoms with E-state index in [1.165, 1.54) is 0 Å². The van der Waals surface area contributed by atoms with Crippen LogP contribution in [0.15, 0.2) is 41.2 Å². The Labute approximate surface area is 112 Å². The lowest BCUT2D eigenvalue weighted by atomic mass is 9.90.